The molecule has 0 spiro atoms. The highest BCUT2D eigenvalue weighted by Crippen LogP contribution is 2.42. The molecule has 0 heterocycles. The summed E-state index contributed by atoms with van der Waals surface area (Å²) in [5.74, 6) is 0. The molecule has 98 valence electrons. The third kappa shape index (κ3) is 10.5. The molecule has 16 heavy (non-hydrogen) atoms. The summed E-state index contributed by atoms with van der Waals surface area (Å²) >= 11 is 0. The van der Waals surface area contributed by atoms with Crippen LogP contribution in [0.15, 0.2) is 0 Å². The van der Waals surface area contributed by atoms with E-state index in [1.54, 1.807) is 7.11 Å². The summed E-state index contributed by atoms with van der Waals surface area (Å²) in [5.41, 5.74) is 0. The predicted octanol–water partition coefficient (Wildman–Crippen LogP) is 0.863. The molecular weight excluding hydrogens is 233 g/mol. The van der Waals surface area contributed by atoms with Crippen LogP contribution in [0.1, 0.15) is 6.42 Å². The van der Waals surface area contributed by atoms with Gasteiger partial charge in [-0.1, -0.05) is 0 Å². The maximum atomic E-state index is 11.3. The van der Waals surface area contributed by atoms with E-state index < -0.39 is 7.82 Å². The van der Waals surface area contributed by atoms with Gasteiger partial charge in [0, 0.05) is 13.7 Å². The summed E-state index contributed by atoms with van der Waals surface area (Å²) in [6.07, 6.45) is 0.569. The lowest BCUT2D eigenvalue weighted by molar-refractivity contribution is -0.870. The molecule has 1 atom stereocenters. The molecule has 0 aliphatic carbocycles. The lowest BCUT2D eigenvalue weighted by Crippen LogP contribution is -2.37. The molecule has 0 bridgehead atoms. The van der Waals surface area contributed by atoms with E-state index in [-0.39, 0.29) is 13.2 Å². The zero-order chi connectivity index (χ0) is 12.7. The van der Waals surface area contributed by atoms with Crippen LogP contribution in [0.3, 0.4) is 0 Å². The zero-order valence-corrected chi connectivity index (χ0v) is 11.4. The third-order valence-electron chi connectivity index (χ3n) is 1.76. The summed E-state index contributed by atoms with van der Waals surface area (Å²) in [7, 11) is 3.61. The highest BCUT2D eigenvalue weighted by atomic mass is 31.2. The van der Waals surface area contributed by atoms with Crippen LogP contribution in [-0.4, -0.2) is 64.0 Å². The maximum Gasteiger partial charge on any atom is 0.472 e. The van der Waals surface area contributed by atoms with Gasteiger partial charge in [0.05, 0.1) is 27.7 Å². The molecule has 0 aliphatic rings. The van der Waals surface area contributed by atoms with E-state index in [0.29, 0.717) is 24.1 Å². The minimum Gasteiger partial charge on any atom is -0.385 e. The van der Waals surface area contributed by atoms with Crippen LogP contribution in [0.2, 0.25) is 0 Å². The quantitative estimate of drug-likeness (QED) is 0.376. The van der Waals surface area contributed by atoms with E-state index >= 15 is 0 Å². The molecule has 0 saturated heterocycles. The molecule has 0 saturated carbocycles. The molecule has 1 unspecified atom stereocenters. The van der Waals surface area contributed by atoms with E-state index in [2.05, 4.69) is 0 Å². The van der Waals surface area contributed by atoms with Gasteiger partial charge in [0.2, 0.25) is 0 Å². The van der Waals surface area contributed by atoms with Gasteiger partial charge in [-0.2, -0.15) is 0 Å². The Labute approximate surface area is 97.3 Å². The van der Waals surface area contributed by atoms with Crippen molar-refractivity contribution >= 4 is 7.82 Å². The Kier molecular flexibility index (Phi) is 7.39. The van der Waals surface area contributed by atoms with Crippen molar-refractivity contribution in [2.75, 3.05) is 54.6 Å². The van der Waals surface area contributed by atoms with Gasteiger partial charge in [0.15, 0.2) is 0 Å². The minimum atomic E-state index is -3.88. The number of likely N-dealkylation sites (N-methyl/N-ethyl adjacent to an activating group) is 1. The lowest BCUT2D eigenvalue weighted by atomic mass is 10.5. The first-order chi connectivity index (χ1) is 7.27. The standard InChI is InChI=1S/C9H22NO5P/c1-10(2,3)6-9-15-16(11,12)14-8-5-7-13-4/h5-9H2,1-4H3/p+1. The first-order valence-electron chi connectivity index (χ1n) is 5.18. The number of nitrogens with zero attached hydrogens (tertiary/aromatic N) is 1. The zero-order valence-electron chi connectivity index (χ0n) is 10.5. The van der Waals surface area contributed by atoms with Crippen LogP contribution in [0.25, 0.3) is 0 Å². The van der Waals surface area contributed by atoms with Crippen molar-refractivity contribution in [2.45, 2.75) is 6.42 Å². The van der Waals surface area contributed by atoms with Crippen molar-refractivity contribution in [3.05, 3.63) is 0 Å². The summed E-state index contributed by atoms with van der Waals surface area (Å²) < 4.78 is 26.4. The van der Waals surface area contributed by atoms with Gasteiger partial charge in [0.25, 0.3) is 0 Å². The largest absolute Gasteiger partial charge is 0.472 e. The Hall–Kier alpha value is 0.0300. The molecule has 0 aromatic rings. The van der Waals surface area contributed by atoms with Gasteiger partial charge >= 0.3 is 7.82 Å². The van der Waals surface area contributed by atoms with Gasteiger partial charge < -0.3 is 14.1 Å². The number of quaternary nitrogens is 1. The predicted molar refractivity (Wildman–Crippen MR) is 61.1 cm³/mol. The fourth-order valence-corrected chi connectivity index (χ4v) is 1.60. The average Bonchev–Trinajstić information content (AvgIpc) is 2.10. The van der Waals surface area contributed by atoms with E-state index in [0.717, 1.165) is 0 Å². The highest BCUT2D eigenvalue weighted by Gasteiger charge is 2.21. The number of hydrogen-bond donors (Lipinski definition) is 1. The molecule has 0 aromatic heterocycles. The number of hydrogen-bond acceptors (Lipinski definition) is 4. The second kappa shape index (κ2) is 7.37. The number of rotatable bonds is 9. The van der Waals surface area contributed by atoms with Crippen LogP contribution in [0.5, 0.6) is 0 Å². The lowest BCUT2D eigenvalue weighted by Gasteiger charge is -2.23. The molecule has 0 amide bonds. The monoisotopic (exact) mass is 256 g/mol. The summed E-state index contributed by atoms with van der Waals surface area (Å²) in [6.45, 7) is 1.50. The topological polar surface area (TPSA) is 65.0 Å². The first-order valence-corrected chi connectivity index (χ1v) is 6.68. The van der Waals surface area contributed by atoms with E-state index in [1.165, 1.54) is 0 Å². The van der Waals surface area contributed by atoms with Crippen LogP contribution < -0.4 is 0 Å². The molecular formula is C9H23NO5P+. The van der Waals surface area contributed by atoms with E-state index in [1.807, 2.05) is 21.1 Å². The Balaban J connectivity index is 3.66. The van der Waals surface area contributed by atoms with Crippen molar-refractivity contribution in [2.24, 2.45) is 0 Å². The number of phosphoric acid groups is 1. The number of ether oxygens (including phenoxy) is 1. The van der Waals surface area contributed by atoms with Gasteiger partial charge in [-0.15, -0.1) is 0 Å². The van der Waals surface area contributed by atoms with Crippen molar-refractivity contribution in [1.29, 1.82) is 0 Å². The van der Waals surface area contributed by atoms with Gasteiger partial charge in [-0.25, -0.2) is 4.57 Å². The van der Waals surface area contributed by atoms with Gasteiger partial charge in [-0.3, -0.25) is 9.05 Å². The number of methoxy groups -OCH3 is 1. The molecule has 0 rings (SSSR count). The first kappa shape index (κ1) is 16.0. The van der Waals surface area contributed by atoms with Gasteiger partial charge in [-0.05, 0) is 6.42 Å². The minimum absolute atomic E-state index is 0.159. The highest BCUT2D eigenvalue weighted by molar-refractivity contribution is 7.47. The Morgan fingerprint density at radius 1 is 1.12 bits per heavy atom. The summed E-state index contributed by atoms with van der Waals surface area (Å²) in [6, 6.07) is 0. The van der Waals surface area contributed by atoms with E-state index in [4.69, 9.17) is 13.8 Å². The number of phosphoric ester groups is 1. The van der Waals surface area contributed by atoms with Crippen LogP contribution in [-0.2, 0) is 18.3 Å². The summed E-state index contributed by atoms with van der Waals surface area (Å²) in [4.78, 5) is 9.27. The van der Waals surface area contributed by atoms with Gasteiger partial charge in [0.1, 0.15) is 13.2 Å². The van der Waals surface area contributed by atoms with Crippen molar-refractivity contribution < 1.29 is 27.7 Å². The Bertz CT molecular complexity index is 228. The van der Waals surface area contributed by atoms with Crippen molar-refractivity contribution in [1.82, 2.24) is 0 Å². The fraction of sp³-hybridized carbons (Fsp3) is 1.00. The molecule has 7 heteroatoms. The van der Waals surface area contributed by atoms with E-state index in [9.17, 15) is 9.46 Å². The Morgan fingerprint density at radius 3 is 2.19 bits per heavy atom. The van der Waals surface area contributed by atoms with Crippen LogP contribution in [0.4, 0.5) is 0 Å². The molecule has 0 aromatic carbocycles. The third-order valence-corrected chi connectivity index (χ3v) is 2.78. The summed E-state index contributed by atoms with van der Waals surface area (Å²) in [5, 5.41) is 0. The molecule has 1 N–H and O–H groups in total. The second-order valence-corrected chi connectivity index (χ2v) is 5.95. The maximum absolute atomic E-state index is 11.3. The Morgan fingerprint density at radius 2 is 1.69 bits per heavy atom. The van der Waals surface area contributed by atoms with Crippen molar-refractivity contribution in [3.63, 3.8) is 0 Å². The SMILES string of the molecule is COCCCOP(=O)(O)OCC[N+](C)(C)C. The van der Waals surface area contributed by atoms with Crippen LogP contribution in [0, 0.1) is 0 Å². The molecule has 0 radical (unpaired) electrons. The smallest absolute Gasteiger partial charge is 0.385 e. The normalized spacial score (nSPS) is 16.1. The molecule has 6 nitrogen and oxygen atoms in total. The van der Waals surface area contributed by atoms with Crippen molar-refractivity contribution in [3.8, 4) is 0 Å². The second-order valence-electron chi connectivity index (χ2n) is 4.50. The van der Waals surface area contributed by atoms with Crippen LogP contribution >= 0.6 is 7.82 Å². The molecule has 0 fully saturated rings. The molecule has 0 aliphatic heterocycles. The average molecular weight is 256 g/mol. The fourth-order valence-electron chi connectivity index (χ4n) is 0.850.